The molecular formula is C12H27N3O5. The molecule has 0 unspecified atom stereocenters. The van der Waals surface area contributed by atoms with Crippen molar-refractivity contribution in [3.05, 3.63) is 0 Å². The summed E-state index contributed by atoms with van der Waals surface area (Å²) in [6.07, 6.45) is 2.44. The van der Waals surface area contributed by atoms with Crippen molar-refractivity contribution in [3.63, 3.8) is 0 Å². The van der Waals surface area contributed by atoms with E-state index >= 15 is 0 Å². The summed E-state index contributed by atoms with van der Waals surface area (Å²) in [5.41, 5.74) is 15.5. The minimum atomic E-state index is -1.05. The predicted octanol–water partition coefficient (Wildman–Crippen LogP) is -0.913. The van der Waals surface area contributed by atoms with Crippen LogP contribution in [0.5, 0.6) is 0 Å². The van der Waals surface area contributed by atoms with E-state index < -0.39 is 30.1 Å². The highest BCUT2D eigenvalue weighted by atomic mass is 16.4. The molecule has 8 heteroatoms. The van der Waals surface area contributed by atoms with Gasteiger partial charge < -0.3 is 32.5 Å². The van der Waals surface area contributed by atoms with Crippen LogP contribution in [0.1, 0.15) is 39.0 Å². The quantitative estimate of drug-likeness (QED) is 0.317. The molecule has 0 aliphatic heterocycles. The van der Waals surface area contributed by atoms with Gasteiger partial charge in [0.15, 0.2) is 0 Å². The third-order valence-electron chi connectivity index (χ3n) is 2.59. The first-order valence-electron chi connectivity index (χ1n) is 6.61. The molecule has 0 saturated heterocycles. The summed E-state index contributed by atoms with van der Waals surface area (Å²) in [4.78, 5) is 20.2. The second-order valence-corrected chi connectivity index (χ2v) is 4.50. The Morgan fingerprint density at radius 1 is 1.00 bits per heavy atom. The summed E-state index contributed by atoms with van der Waals surface area (Å²) in [7, 11) is 0. The van der Waals surface area contributed by atoms with Gasteiger partial charge in [-0.15, -0.1) is 0 Å². The van der Waals surface area contributed by atoms with Gasteiger partial charge in [-0.2, -0.15) is 0 Å². The highest BCUT2D eigenvalue weighted by Gasteiger charge is 2.12. The highest BCUT2D eigenvalue weighted by molar-refractivity contribution is 5.73. The molecule has 0 aliphatic rings. The standard InChI is InChI=1S/C6H14N2O3.C6H13NO2/c7-3-4(9)1-2-5(8)6(10)11;1-2-3-4-5(7)6(8)9/h4-5,9H,1-3,7-8H2,(H,10,11);5H,2-4,7H2,1H3,(H,8,9)/t4-,5-;5-/m00/s1. The maximum absolute atomic E-state index is 10.2. The molecule has 8 nitrogen and oxygen atoms in total. The Morgan fingerprint density at radius 2 is 1.45 bits per heavy atom. The first-order chi connectivity index (χ1) is 9.26. The largest absolute Gasteiger partial charge is 0.480 e. The normalized spacial score (nSPS) is 14.7. The lowest BCUT2D eigenvalue weighted by Gasteiger charge is -2.09. The van der Waals surface area contributed by atoms with E-state index in [4.69, 9.17) is 32.5 Å². The minimum Gasteiger partial charge on any atom is -0.480 e. The van der Waals surface area contributed by atoms with Gasteiger partial charge in [-0.25, -0.2) is 0 Å². The molecule has 0 bridgehead atoms. The van der Waals surface area contributed by atoms with Crippen LogP contribution >= 0.6 is 0 Å². The van der Waals surface area contributed by atoms with Crippen molar-refractivity contribution in [2.75, 3.05) is 6.54 Å². The van der Waals surface area contributed by atoms with Crippen LogP contribution in [-0.4, -0.2) is 52.0 Å². The zero-order chi connectivity index (χ0) is 16.1. The smallest absolute Gasteiger partial charge is 0.320 e. The summed E-state index contributed by atoms with van der Waals surface area (Å²) >= 11 is 0. The van der Waals surface area contributed by atoms with Crippen molar-refractivity contribution in [2.24, 2.45) is 17.2 Å². The van der Waals surface area contributed by atoms with Gasteiger partial charge in [0.05, 0.1) is 6.10 Å². The topological polar surface area (TPSA) is 173 Å². The molecule has 3 atom stereocenters. The molecule has 20 heavy (non-hydrogen) atoms. The van der Waals surface area contributed by atoms with Crippen molar-refractivity contribution < 1.29 is 24.9 Å². The van der Waals surface area contributed by atoms with Crippen LogP contribution in [0.25, 0.3) is 0 Å². The highest BCUT2D eigenvalue weighted by Crippen LogP contribution is 1.98. The second-order valence-electron chi connectivity index (χ2n) is 4.50. The maximum atomic E-state index is 10.2. The average Bonchev–Trinajstić information content (AvgIpc) is 2.41. The number of carboxylic acids is 2. The number of hydrogen-bond donors (Lipinski definition) is 6. The van der Waals surface area contributed by atoms with Crippen LogP contribution in [0.2, 0.25) is 0 Å². The predicted molar refractivity (Wildman–Crippen MR) is 75.0 cm³/mol. The Morgan fingerprint density at radius 3 is 1.80 bits per heavy atom. The number of aliphatic hydroxyl groups excluding tert-OH is 1. The Kier molecular flexibility index (Phi) is 13.5. The summed E-state index contributed by atoms with van der Waals surface area (Å²) < 4.78 is 0. The van der Waals surface area contributed by atoms with Gasteiger partial charge in [0.2, 0.25) is 0 Å². The van der Waals surface area contributed by atoms with Crippen molar-refractivity contribution in [3.8, 4) is 0 Å². The van der Waals surface area contributed by atoms with Gasteiger partial charge in [0, 0.05) is 6.54 Å². The van der Waals surface area contributed by atoms with Crippen molar-refractivity contribution in [1.82, 2.24) is 0 Å². The van der Waals surface area contributed by atoms with Crippen molar-refractivity contribution in [2.45, 2.75) is 57.2 Å². The lowest BCUT2D eigenvalue weighted by Crippen LogP contribution is -2.32. The third kappa shape index (κ3) is 13.2. The molecular weight excluding hydrogens is 266 g/mol. The van der Waals surface area contributed by atoms with E-state index in [9.17, 15) is 9.59 Å². The summed E-state index contributed by atoms with van der Waals surface area (Å²) in [5.74, 6) is -1.95. The van der Waals surface area contributed by atoms with E-state index in [2.05, 4.69) is 0 Å². The molecule has 120 valence electrons. The lowest BCUT2D eigenvalue weighted by atomic mass is 10.1. The molecule has 0 aromatic carbocycles. The first kappa shape index (κ1) is 21.1. The molecule has 0 fully saturated rings. The number of aliphatic hydroxyl groups is 1. The molecule has 0 heterocycles. The fourth-order valence-electron chi connectivity index (χ4n) is 1.16. The first-order valence-corrected chi connectivity index (χ1v) is 6.61. The van der Waals surface area contributed by atoms with E-state index in [1.165, 1.54) is 0 Å². The Labute approximate surface area is 118 Å². The molecule has 0 rings (SSSR count). The van der Waals surface area contributed by atoms with Gasteiger partial charge >= 0.3 is 11.9 Å². The minimum absolute atomic E-state index is 0.145. The SMILES string of the molecule is CCCC[C@H](N)C(=O)O.NC[C@@H](O)CC[C@H](N)C(=O)O. The maximum Gasteiger partial charge on any atom is 0.320 e. The molecule has 0 aromatic rings. The van der Waals surface area contributed by atoms with E-state index in [1.807, 2.05) is 6.92 Å². The Hall–Kier alpha value is -1.22. The number of rotatable bonds is 9. The molecule has 0 radical (unpaired) electrons. The van der Waals surface area contributed by atoms with Crippen molar-refractivity contribution in [1.29, 1.82) is 0 Å². The number of hydrogen-bond acceptors (Lipinski definition) is 6. The van der Waals surface area contributed by atoms with Crippen LogP contribution in [0.4, 0.5) is 0 Å². The second kappa shape index (κ2) is 12.8. The molecule has 0 saturated carbocycles. The number of nitrogens with two attached hydrogens (primary N) is 3. The van der Waals surface area contributed by atoms with Crippen LogP contribution in [-0.2, 0) is 9.59 Å². The van der Waals surface area contributed by atoms with Crippen LogP contribution in [0.3, 0.4) is 0 Å². The van der Waals surface area contributed by atoms with E-state index in [0.29, 0.717) is 12.8 Å². The monoisotopic (exact) mass is 293 g/mol. The molecule has 0 aromatic heterocycles. The number of carboxylic acid groups (broad SMARTS) is 2. The number of aliphatic carboxylic acids is 2. The van der Waals surface area contributed by atoms with Crippen LogP contribution < -0.4 is 17.2 Å². The van der Waals surface area contributed by atoms with E-state index in [1.54, 1.807) is 0 Å². The molecule has 0 amide bonds. The number of unbranched alkanes of at least 4 members (excludes halogenated alkanes) is 1. The van der Waals surface area contributed by atoms with Gasteiger partial charge in [-0.3, -0.25) is 9.59 Å². The average molecular weight is 293 g/mol. The zero-order valence-corrected chi connectivity index (χ0v) is 11.9. The Balaban J connectivity index is 0. The molecule has 9 N–H and O–H groups in total. The van der Waals surface area contributed by atoms with Crippen molar-refractivity contribution >= 4 is 11.9 Å². The van der Waals surface area contributed by atoms with Crippen LogP contribution in [0.15, 0.2) is 0 Å². The van der Waals surface area contributed by atoms with E-state index in [-0.39, 0.29) is 13.0 Å². The zero-order valence-electron chi connectivity index (χ0n) is 11.9. The lowest BCUT2D eigenvalue weighted by molar-refractivity contribution is -0.139. The summed E-state index contributed by atoms with van der Waals surface area (Å²) in [6, 6.07) is -1.55. The fraction of sp³-hybridized carbons (Fsp3) is 0.833. The van der Waals surface area contributed by atoms with Crippen LogP contribution in [0, 0.1) is 0 Å². The van der Waals surface area contributed by atoms with Gasteiger partial charge in [0.25, 0.3) is 0 Å². The summed E-state index contributed by atoms with van der Waals surface area (Å²) in [5, 5.41) is 25.5. The number of carbonyl (C=O) groups is 2. The van der Waals surface area contributed by atoms with E-state index in [0.717, 1.165) is 12.8 Å². The Bertz CT molecular complexity index is 276. The summed E-state index contributed by atoms with van der Waals surface area (Å²) in [6.45, 7) is 2.15. The van der Waals surface area contributed by atoms with Gasteiger partial charge in [-0.05, 0) is 19.3 Å². The van der Waals surface area contributed by atoms with Gasteiger partial charge in [0.1, 0.15) is 12.1 Å². The molecule has 0 aliphatic carbocycles. The third-order valence-corrected chi connectivity index (χ3v) is 2.59. The van der Waals surface area contributed by atoms with Gasteiger partial charge in [-0.1, -0.05) is 19.8 Å². The molecule has 0 spiro atoms. The fourth-order valence-corrected chi connectivity index (χ4v) is 1.16.